The van der Waals surface area contributed by atoms with Gasteiger partial charge in [0.05, 0.1) is 29.0 Å². The van der Waals surface area contributed by atoms with E-state index in [2.05, 4.69) is 20.9 Å². The lowest BCUT2D eigenvalue weighted by Crippen LogP contribution is -2.58. The summed E-state index contributed by atoms with van der Waals surface area (Å²) in [7, 11) is -2.19. The fraction of sp³-hybridized carbons (Fsp3) is 0.294. The summed E-state index contributed by atoms with van der Waals surface area (Å²) in [5.41, 5.74) is 1.67. The first-order valence-electron chi connectivity index (χ1n) is 15.0. The summed E-state index contributed by atoms with van der Waals surface area (Å²) in [6.07, 6.45) is 2.88. The van der Waals surface area contributed by atoms with Crippen molar-refractivity contribution in [3.05, 3.63) is 125 Å². The first-order valence-corrected chi connectivity index (χ1v) is 16.8. The topological polar surface area (TPSA) is 103 Å². The molecular formula is C34H36ClF2N5O3S. The minimum Gasteiger partial charge on any atom is -0.323 e. The lowest BCUT2D eigenvalue weighted by atomic mass is 9.84. The number of likely N-dealkylation sites (N-methyl/N-ethyl adjacent to an activating group) is 1. The number of aromatic nitrogens is 1. The van der Waals surface area contributed by atoms with Crippen molar-refractivity contribution in [2.45, 2.75) is 48.7 Å². The maximum Gasteiger partial charge on any atom is 0.243 e. The number of amides is 1. The molecule has 4 atom stereocenters. The van der Waals surface area contributed by atoms with Gasteiger partial charge in [-0.1, -0.05) is 54.1 Å². The molecule has 0 aliphatic carbocycles. The number of halogens is 3. The molecule has 1 aliphatic heterocycles. The SMILES string of the molecule is CNC(C(=O)Nc1cncc(F)c1CCC1CNCC(C)N1S(=O)(=O)c1ccccc1)C(c1ccc(Cl)cc1)c1cccc(F)c1. The van der Waals surface area contributed by atoms with E-state index in [1.807, 2.05) is 6.92 Å². The molecule has 4 aromatic rings. The molecule has 0 radical (unpaired) electrons. The molecule has 1 fully saturated rings. The van der Waals surface area contributed by atoms with Crippen molar-refractivity contribution in [2.24, 2.45) is 0 Å². The van der Waals surface area contributed by atoms with E-state index in [1.165, 1.54) is 22.6 Å². The van der Waals surface area contributed by atoms with E-state index in [4.69, 9.17) is 11.6 Å². The average Bonchev–Trinajstić information content (AvgIpc) is 3.04. The van der Waals surface area contributed by atoms with Crippen molar-refractivity contribution >= 4 is 33.2 Å². The van der Waals surface area contributed by atoms with Gasteiger partial charge in [0.2, 0.25) is 15.9 Å². The van der Waals surface area contributed by atoms with Gasteiger partial charge in [0.25, 0.3) is 0 Å². The Balaban J connectivity index is 1.41. The smallest absolute Gasteiger partial charge is 0.243 e. The van der Waals surface area contributed by atoms with Crippen LogP contribution in [0.4, 0.5) is 14.5 Å². The highest BCUT2D eigenvalue weighted by Gasteiger charge is 2.38. The first-order chi connectivity index (χ1) is 22.1. The Bertz CT molecular complexity index is 1760. The van der Waals surface area contributed by atoms with Crippen LogP contribution in [0.1, 0.15) is 36.0 Å². The van der Waals surface area contributed by atoms with Crippen LogP contribution in [0.25, 0.3) is 0 Å². The van der Waals surface area contributed by atoms with Crippen LogP contribution in [0.2, 0.25) is 5.02 Å². The third-order valence-electron chi connectivity index (χ3n) is 8.29. The second-order valence-electron chi connectivity index (χ2n) is 11.3. The van der Waals surface area contributed by atoms with Crippen molar-refractivity contribution in [1.29, 1.82) is 0 Å². The largest absolute Gasteiger partial charge is 0.323 e. The molecule has 8 nitrogen and oxygen atoms in total. The molecule has 46 heavy (non-hydrogen) atoms. The lowest BCUT2D eigenvalue weighted by molar-refractivity contribution is -0.118. The second kappa shape index (κ2) is 14.8. The molecule has 0 bridgehead atoms. The van der Waals surface area contributed by atoms with Crippen LogP contribution in [0.5, 0.6) is 0 Å². The molecule has 1 saturated heterocycles. The van der Waals surface area contributed by atoms with Crippen LogP contribution in [0.3, 0.4) is 0 Å². The van der Waals surface area contributed by atoms with E-state index in [1.54, 1.807) is 73.8 Å². The molecule has 3 N–H and O–H groups in total. The first kappa shape index (κ1) is 33.6. The highest BCUT2D eigenvalue weighted by molar-refractivity contribution is 7.89. The van der Waals surface area contributed by atoms with E-state index in [0.717, 1.165) is 11.8 Å². The van der Waals surface area contributed by atoms with Gasteiger partial charge in [-0.05, 0) is 74.3 Å². The van der Waals surface area contributed by atoms with Gasteiger partial charge >= 0.3 is 0 Å². The van der Waals surface area contributed by atoms with Gasteiger partial charge < -0.3 is 16.0 Å². The number of piperazine rings is 1. The summed E-state index contributed by atoms with van der Waals surface area (Å²) in [6, 6.07) is 19.5. The van der Waals surface area contributed by atoms with Gasteiger partial charge in [0.1, 0.15) is 11.6 Å². The summed E-state index contributed by atoms with van der Waals surface area (Å²) >= 11 is 6.12. The van der Waals surface area contributed by atoms with Crippen molar-refractivity contribution in [3.63, 3.8) is 0 Å². The average molecular weight is 668 g/mol. The minimum atomic E-state index is -3.81. The van der Waals surface area contributed by atoms with Gasteiger partial charge in [0, 0.05) is 41.7 Å². The summed E-state index contributed by atoms with van der Waals surface area (Å²) in [4.78, 5) is 18.1. The number of pyridine rings is 1. The van der Waals surface area contributed by atoms with Gasteiger partial charge in [0.15, 0.2) is 0 Å². The van der Waals surface area contributed by atoms with Gasteiger partial charge in [-0.3, -0.25) is 9.78 Å². The number of benzene rings is 3. The summed E-state index contributed by atoms with van der Waals surface area (Å²) in [6.45, 7) is 2.72. The molecule has 1 aliphatic rings. The monoisotopic (exact) mass is 667 g/mol. The minimum absolute atomic E-state index is 0.137. The molecule has 0 spiro atoms. The maximum atomic E-state index is 15.4. The molecule has 242 valence electrons. The fourth-order valence-electron chi connectivity index (χ4n) is 6.12. The molecule has 0 saturated carbocycles. The van der Waals surface area contributed by atoms with Gasteiger partial charge in [-0.25, -0.2) is 17.2 Å². The highest BCUT2D eigenvalue weighted by atomic mass is 35.5. The Labute approximate surface area is 273 Å². The number of carbonyl (C=O) groups is 1. The Morgan fingerprint density at radius 1 is 1.02 bits per heavy atom. The van der Waals surface area contributed by atoms with Crippen LogP contribution in [-0.2, 0) is 21.2 Å². The number of nitrogens with one attached hydrogen (secondary N) is 3. The van der Waals surface area contributed by atoms with Gasteiger partial charge in [-0.2, -0.15) is 4.31 Å². The second-order valence-corrected chi connectivity index (χ2v) is 13.6. The molecule has 1 aromatic heterocycles. The van der Waals surface area contributed by atoms with Crippen LogP contribution < -0.4 is 16.0 Å². The summed E-state index contributed by atoms with van der Waals surface area (Å²) in [5, 5.41) is 9.69. The predicted molar refractivity (Wildman–Crippen MR) is 175 cm³/mol. The molecule has 12 heteroatoms. The standard InChI is InChI=1S/C34H36ClF2N5O3S/c1-22-18-39-19-27(42(22)46(44,45)28-9-4-3-5-10-28)15-16-29-30(37)20-40-21-31(29)41-34(43)33(38-2)32(23-11-13-25(35)14-12-23)24-7-6-8-26(36)17-24/h3-14,17,20-22,27,32-33,38-39H,15-16,18-19H2,1-2H3,(H,41,43). The molecule has 4 unspecified atom stereocenters. The normalized spacial score (nSPS) is 18.5. The molecular weight excluding hydrogens is 632 g/mol. The quantitative estimate of drug-likeness (QED) is 0.199. The van der Waals surface area contributed by atoms with Crippen LogP contribution in [0.15, 0.2) is 96.2 Å². The zero-order valence-electron chi connectivity index (χ0n) is 25.5. The van der Waals surface area contributed by atoms with E-state index < -0.39 is 45.6 Å². The highest BCUT2D eigenvalue weighted by Crippen LogP contribution is 2.32. The zero-order valence-corrected chi connectivity index (χ0v) is 27.0. The Morgan fingerprint density at radius 2 is 1.76 bits per heavy atom. The van der Waals surface area contributed by atoms with Crippen molar-refractivity contribution in [3.8, 4) is 0 Å². The number of nitrogens with zero attached hydrogens (tertiary/aromatic N) is 2. The fourth-order valence-corrected chi connectivity index (χ4v) is 8.11. The van der Waals surface area contributed by atoms with Crippen LogP contribution >= 0.6 is 11.6 Å². The van der Waals surface area contributed by atoms with Gasteiger partial charge in [-0.15, -0.1) is 0 Å². The van der Waals surface area contributed by atoms with Crippen molar-refractivity contribution in [2.75, 3.05) is 25.5 Å². The number of hydrogen-bond donors (Lipinski definition) is 3. The van der Waals surface area contributed by atoms with Crippen LogP contribution in [-0.4, -0.2) is 61.9 Å². The Kier molecular flexibility index (Phi) is 10.8. The van der Waals surface area contributed by atoms with E-state index in [0.29, 0.717) is 30.1 Å². The summed E-state index contributed by atoms with van der Waals surface area (Å²) in [5.74, 6) is -2.17. The van der Waals surface area contributed by atoms with Crippen molar-refractivity contribution < 1.29 is 22.0 Å². The zero-order chi connectivity index (χ0) is 32.8. The number of rotatable bonds is 11. The number of anilines is 1. The summed E-state index contributed by atoms with van der Waals surface area (Å²) < 4.78 is 58.5. The lowest BCUT2D eigenvalue weighted by Gasteiger charge is -2.40. The maximum absolute atomic E-state index is 15.4. The molecule has 1 amide bonds. The third kappa shape index (κ3) is 7.45. The van der Waals surface area contributed by atoms with E-state index in [-0.39, 0.29) is 28.6 Å². The Morgan fingerprint density at radius 3 is 2.46 bits per heavy atom. The Hall–Kier alpha value is -3.74. The molecule has 3 aromatic carbocycles. The number of sulfonamides is 1. The van der Waals surface area contributed by atoms with E-state index in [9.17, 15) is 17.6 Å². The molecule has 2 heterocycles. The van der Waals surface area contributed by atoms with E-state index >= 15 is 4.39 Å². The number of carbonyl (C=O) groups excluding carboxylic acids is 1. The van der Waals surface area contributed by atoms with Crippen LogP contribution in [0, 0.1) is 11.6 Å². The predicted octanol–water partition coefficient (Wildman–Crippen LogP) is 5.36. The third-order valence-corrected chi connectivity index (χ3v) is 10.6. The molecule has 5 rings (SSSR count). The van der Waals surface area contributed by atoms with Crippen molar-refractivity contribution in [1.82, 2.24) is 19.9 Å². The number of hydrogen-bond acceptors (Lipinski definition) is 6.